The Balaban J connectivity index is 1.63. The van der Waals surface area contributed by atoms with E-state index in [1.807, 2.05) is 47.0 Å². The Bertz CT molecular complexity index is 722. The zero-order valence-electron chi connectivity index (χ0n) is 15.8. The molecule has 1 atom stereocenters. The summed E-state index contributed by atoms with van der Waals surface area (Å²) in [6, 6.07) is 18.3. The first-order chi connectivity index (χ1) is 12.4. The van der Waals surface area contributed by atoms with E-state index in [0.29, 0.717) is 13.0 Å². The Morgan fingerprint density at radius 2 is 1.81 bits per heavy atom. The molecule has 2 aromatic carbocycles. The van der Waals surface area contributed by atoms with Gasteiger partial charge in [-0.2, -0.15) is 0 Å². The van der Waals surface area contributed by atoms with E-state index in [2.05, 4.69) is 45.0 Å². The zero-order chi connectivity index (χ0) is 18.6. The molecule has 1 saturated heterocycles. The maximum Gasteiger partial charge on any atom is 0.224 e. The van der Waals surface area contributed by atoms with Crippen molar-refractivity contribution in [3.63, 3.8) is 0 Å². The highest BCUT2D eigenvalue weighted by molar-refractivity contribution is 7.99. The molecule has 1 aliphatic heterocycles. The molecule has 3 nitrogen and oxygen atoms in total. The summed E-state index contributed by atoms with van der Waals surface area (Å²) in [5.41, 5.74) is 2.34. The van der Waals surface area contributed by atoms with Gasteiger partial charge in [-0.15, -0.1) is 11.8 Å². The van der Waals surface area contributed by atoms with Crippen LogP contribution in [0.15, 0.2) is 54.6 Å². The molecule has 0 spiro atoms. The molecule has 2 aromatic rings. The van der Waals surface area contributed by atoms with Crippen LogP contribution in [0, 0.1) is 5.41 Å². The molecule has 0 N–H and O–H groups in total. The van der Waals surface area contributed by atoms with Crippen molar-refractivity contribution in [2.75, 3.05) is 12.3 Å². The van der Waals surface area contributed by atoms with E-state index < -0.39 is 0 Å². The van der Waals surface area contributed by atoms with Gasteiger partial charge in [0, 0.05) is 18.7 Å². The molecule has 0 radical (unpaired) electrons. The van der Waals surface area contributed by atoms with Gasteiger partial charge < -0.3 is 9.64 Å². The van der Waals surface area contributed by atoms with Gasteiger partial charge in [-0.1, -0.05) is 63.2 Å². The molecule has 1 heterocycles. The topological polar surface area (TPSA) is 29.5 Å². The molecule has 1 aliphatic rings. The van der Waals surface area contributed by atoms with Crippen molar-refractivity contribution in [1.82, 2.24) is 4.90 Å². The minimum atomic E-state index is 0.0179. The minimum absolute atomic E-state index is 0.0179. The van der Waals surface area contributed by atoms with Crippen LogP contribution in [0.1, 0.15) is 43.7 Å². The van der Waals surface area contributed by atoms with Gasteiger partial charge in [0.25, 0.3) is 0 Å². The molecule has 4 heteroatoms. The summed E-state index contributed by atoms with van der Waals surface area (Å²) >= 11 is 1.84. The average molecular weight is 370 g/mol. The lowest BCUT2D eigenvalue weighted by molar-refractivity contribution is -0.133. The number of amides is 1. The summed E-state index contributed by atoms with van der Waals surface area (Å²) < 4.78 is 5.86. The molecule has 0 unspecified atom stereocenters. The molecule has 26 heavy (non-hydrogen) atoms. The second-order valence-electron chi connectivity index (χ2n) is 7.89. The van der Waals surface area contributed by atoms with Gasteiger partial charge in [-0.25, -0.2) is 0 Å². The predicted molar refractivity (Wildman–Crippen MR) is 108 cm³/mol. The van der Waals surface area contributed by atoms with Gasteiger partial charge in [0.05, 0.1) is 0 Å². The summed E-state index contributed by atoms with van der Waals surface area (Å²) in [5, 5.41) is 0.119. The van der Waals surface area contributed by atoms with Crippen molar-refractivity contribution < 1.29 is 9.53 Å². The minimum Gasteiger partial charge on any atom is -0.489 e. The van der Waals surface area contributed by atoms with Crippen molar-refractivity contribution >= 4 is 17.7 Å². The summed E-state index contributed by atoms with van der Waals surface area (Å²) in [6.45, 7) is 7.73. The quantitative estimate of drug-likeness (QED) is 0.718. The SMILES string of the molecule is CC(C)(C)CC(=O)N1CCS[C@H]1c1ccc(OCc2ccccc2)cc1. The molecular weight excluding hydrogens is 342 g/mol. The van der Waals surface area contributed by atoms with E-state index in [1.54, 1.807) is 0 Å². The lowest BCUT2D eigenvalue weighted by Gasteiger charge is -2.27. The fourth-order valence-electron chi connectivity index (χ4n) is 3.03. The molecule has 0 aliphatic carbocycles. The zero-order valence-corrected chi connectivity index (χ0v) is 16.6. The largest absolute Gasteiger partial charge is 0.489 e. The van der Waals surface area contributed by atoms with Crippen LogP contribution in [0.5, 0.6) is 5.75 Å². The Hall–Kier alpha value is -1.94. The summed E-state index contributed by atoms with van der Waals surface area (Å²) in [7, 11) is 0. The fraction of sp³-hybridized carbons (Fsp3) is 0.409. The predicted octanol–water partition coefficient (Wildman–Crippen LogP) is 5.28. The van der Waals surface area contributed by atoms with Crippen molar-refractivity contribution in [2.45, 2.75) is 39.2 Å². The van der Waals surface area contributed by atoms with E-state index >= 15 is 0 Å². The molecule has 0 aromatic heterocycles. The average Bonchev–Trinajstić information content (AvgIpc) is 3.10. The number of benzene rings is 2. The number of hydrogen-bond acceptors (Lipinski definition) is 3. The van der Waals surface area contributed by atoms with Crippen LogP contribution < -0.4 is 4.74 Å². The third-order valence-electron chi connectivity index (χ3n) is 4.31. The smallest absolute Gasteiger partial charge is 0.224 e. The van der Waals surface area contributed by atoms with Gasteiger partial charge in [-0.3, -0.25) is 4.79 Å². The Morgan fingerprint density at radius 1 is 1.12 bits per heavy atom. The summed E-state index contributed by atoms with van der Waals surface area (Å²) in [4.78, 5) is 14.7. The number of thioether (sulfide) groups is 1. The van der Waals surface area contributed by atoms with E-state index in [-0.39, 0.29) is 16.7 Å². The highest BCUT2D eigenvalue weighted by Gasteiger charge is 2.32. The first-order valence-corrected chi connectivity index (χ1v) is 10.1. The molecule has 1 amide bonds. The third kappa shape index (κ3) is 5.04. The van der Waals surface area contributed by atoms with E-state index in [9.17, 15) is 4.79 Å². The van der Waals surface area contributed by atoms with Gasteiger partial charge in [0.15, 0.2) is 0 Å². The second-order valence-corrected chi connectivity index (χ2v) is 9.08. The number of carbonyl (C=O) groups is 1. The second kappa shape index (κ2) is 8.17. The number of nitrogens with zero attached hydrogens (tertiary/aromatic N) is 1. The number of hydrogen-bond donors (Lipinski definition) is 0. The normalized spacial score (nSPS) is 17.3. The number of carbonyl (C=O) groups excluding carboxylic acids is 1. The first kappa shape index (κ1) is 18.8. The van der Waals surface area contributed by atoms with Crippen LogP contribution in [-0.4, -0.2) is 23.1 Å². The van der Waals surface area contributed by atoms with Crippen molar-refractivity contribution in [3.8, 4) is 5.75 Å². The van der Waals surface area contributed by atoms with E-state index in [1.165, 1.54) is 5.56 Å². The highest BCUT2D eigenvalue weighted by atomic mass is 32.2. The van der Waals surface area contributed by atoms with Gasteiger partial charge in [-0.05, 0) is 28.7 Å². The summed E-state index contributed by atoms with van der Waals surface area (Å²) in [5.74, 6) is 2.09. The Labute approximate surface area is 160 Å². The maximum absolute atomic E-state index is 12.7. The van der Waals surface area contributed by atoms with Crippen LogP contribution in [0.2, 0.25) is 0 Å². The molecule has 138 valence electrons. The first-order valence-electron chi connectivity index (χ1n) is 9.10. The third-order valence-corrected chi connectivity index (χ3v) is 5.57. The van der Waals surface area contributed by atoms with Crippen LogP contribution in [0.3, 0.4) is 0 Å². The Kier molecular flexibility index (Phi) is 5.92. The van der Waals surface area contributed by atoms with E-state index in [0.717, 1.165) is 23.6 Å². The molecule has 3 rings (SSSR count). The molecular formula is C22H27NO2S. The van der Waals surface area contributed by atoms with Crippen LogP contribution in [-0.2, 0) is 11.4 Å². The number of ether oxygens (including phenoxy) is 1. The van der Waals surface area contributed by atoms with Crippen molar-refractivity contribution in [2.24, 2.45) is 5.41 Å². The molecule has 0 bridgehead atoms. The molecule has 1 fully saturated rings. The number of rotatable bonds is 5. The van der Waals surface area contributed by atoms with Crippen molar-refractivity contribution in [1.29, 1.82) is 0 Å². The van der Waals surface area contributed by atoms with Crippen LogP contribution in [0.4, 0.5) is 0 Å². The standard InChI is InChI=1S/C22H27NO2S/c1-22(2,3)15-20(24)23-13-14-26-21(23)18-9-11-19(12-10-18)25-16-17-7-5-4-6-8-17/h4-12,21H,13-16H2,1-3H3/t21-/m0/s1. The van der Waals surface area contributed by atoms with Crippen molar-refractivity contribution in [3.05, 3.63) is 65.7 Å². The monoisotopic (exact) mass is 369 g/mol. The van der Waals surface area contributed by atoms with Gasteiger partial charge in [0.1, 0.15) is 17.7 Å². The van der Waals surface area contributed by atoms with Gasteiger partial charge >= 0.3 is 0 Å². The lowest BCUT2D eigenvalue weighted by atomic mass is 9.91. The van der Waals surface area contributed by atoms with Crippen LogP contribution >= 0.6 is 11.8 Å². The molecule has 0 saturated carbocycles. The van der Waals surface area contributed by atoms with Crippen LogP contribution in [0.25, 0.3) is 0 Å². The summed E-state index contributed by atoms with van der Waals surface area (Å²) in [6.07, 6.45) is 0.586. The lowest BCUT2D eigenvalue weighted by Crippen LogP contribution is -2.33. The maximum atomic E-state index is 12.7. The highest BCUT2D eigenvalue weighted by Crippen LogP contribution is 2.39. The fourth-order valence-corrected chi connectivity index (χ4v) is 4.30. The van der Waals surface area contributed by atoms with E-state index in [4.69, 9.17) is 4.74 Å². The van der Waals surface area contributed by atoms with Gasteiger partial charge in [0.2, 0.25) is 5.91 Å². The Morgan fingerprint density at radius 3 is 2.46 bits per heavy atom.